The topological polar surface area (TPSA) is 4.93 Å². The summed E-state index contributed by atoms with van der Waals surface area (Å²) >= 11 is 0. The maximum absolute atomic E-state index is 2.46. The number of hydrogen-bond donors (Lipinski definition) is 0. The van der Waals surface area contributed by atoms with Crippen LogP contribution >= 0.6 is 0 Å². The van der Waals surface area contributed by atoms with Gasteiger partial charge in [0.2, 0.25) is 0 Å². The van der Waals surface area contributed by atoms with Crippen LogP contribution in [0.3, 0.4) is 0 Å². The second-order valence-electron chi connectivity index (χ2n) is 10.8. The average Bonchev–Trinajstić information content (AvgIpc) is 3.33. The number of fused-ring (bicyclic) bond motifs is 6. The van der Waals surface area contributed by atoms with Crippen molar-refractivity contribution in [2.45, 2.75) is 33.1 Å². The van der Waals surface area contributed by atoms with Gasteiger partial charge in [-0.2, -0.15) is 0 Å². The number of rotatable bonds is 2. The largest absolute Gasteiger partial charge is 0.309 e. The fourth-order valence-electron chi connectivity index (χ4n) is 6.36. The summed E-state index contributed by atoms with van der Waals surface area (Å²) in [6.45, 7) is 9.13. The van der Waals surface area contributed by atoms with E-state index in [1.54, 1.807) is 0 Å². The third-order valence-electron chi connectivity index (χ3n) is 8.29. The average molecular weight is 464 g/mol. The zero-order valence-electron chi connectivity index (χ0n) is 21.3. The van der Waals surface area contributed by atoms with Gasteiger partial charge < -0.3 is 4.57 Å². The summed E-state index contributed by atoms with van der Waals surface area (Å²) in [6.07, 6.45) is 0. The minimum absolute atomic E-state index is 0.0268. The normalized spacial score (nSPS) is 13.8. The van der Waals surface area contributed by atoms with Crippen LogP contribution in [0.1, 0.15) is 36.1 Å². The molecule has 0 radical (unpaired) electrons. The van der Waals surface area contributed by atoms with Gasteiger partial charge in [0.15, 0.2) is 0 Å². The van der Waals surface area contributed by atoms with Gasteiger partial charge in [-0.1, -0.05) is 86.6 Å². The Bertz CT molecular complexity index is 1830. The maximum atomic E-state index is 2.46. The molecular weight excluding hydrogens is 434 g/mol. The summed E-state index contributed by atoms with van der Waals surface area (Å²) in [6, 6.07) is 38.2. The van der Waals surface area contributed by atoms with Crippen molar-refractivity contribution in [2.24, 2.45) is 0 Å². The first-order valence-electron chi connectivity index (χ1n) is 12.8. The smallest absolute Gasteiger partial charge is 0.0544 e. The van der Waals surface area contributed by atoms with Gasteiger partial charge in [0.1, 0.15) is 0 Å². The Balaban J connectivity index is 1.56. The minimum Gasteiger partial charge on any atom is -0.309 e. The van der Waals surface area contributed by atoms with Crippen molar-refractivity contribution in [3.05, 3.63) is 125 Å². The molecule has 0 unspecified atom stereocenters. The Morgan fingerprint density at radius 1 is 0.500 bits per heavy atom. The fourth-order valence-corrected chi connectivity index (χ4v) is 6.36. The van der Waals surface area contributed by atoms with Gasteiger partial charge in [-0.3, -0.25) is 0 Å². The van der Waals surface area contributed by atoms with Gasteiger partial charge in [0.05, 0.1) is 11.0 Å². The number of hydrogen-bond acceptors (Lipinski definition) is 0. The molecule has 174 valence electrons. The van der Waals surface area contributed by atoms with Crippen LogP contribution in [0.15, 0.2) is 103 Å². The van der Waals surface area contributed by atoms with Crippen LogP contribution in [-0.2, 0) is 5.41 Å². The maximum Gasteiger partial charge on any atom is 0.0544 e. The lowest BCUT2D eigenvalue weighted by Crippen LogP contribution is -2.14. The molecule has 7 rings (SSSR count). The molecule has 0 saturated carbocycles. The molecule has 1 aromatic heterocycles. The molecular formula is C35H29N. The van der Waals surface area contributed by atoms with E-state index in [0.717, 1.165) is 0 Å². The van der Waals surface area contributed by atoms with Crippen LogP contribution in [0.25, 0.3) is 49.7 Å². The number of benzene rings is 5. The van der Waals surface area contributed by atoms with Crippen molar-refractivity contribution in [1.29, 1.82) is 0 Å². The minimum atomic E-state index is -0.0268. The monoisotopic (exact) mass is 463 g/mol. The predicted molar refractivity (Wildman–Crippen MR) is 153 cm³/mol. The summed E-state index contributed by atoms with van der Waals surface area (Å²) in [5.74, 6) is 0. The highest BCUT2D eigenvalue weighted by molar-refractivity contribution is 6.11. The molecule has 1 aliphatic rings. The van der Waals surface area contributed by atoms with Crippen LogP contribution in [0, 0.1) is 13.8 Å². The Labute approximate surface area is 212 Å². The predicted octanol–water partition coefficient (Wildman–Crippen LogP) is 9.37. The van der Waals surface area contributed by atoms with E-state index in [-0.39, 0.29) is 5.41 Å². The van der Waals surface area contributed by atoms with E-state index < -0.39 is 0 Å². The molecule has 0 aliphatic heterocycles. The van der Waals surface area contributed by atoms with E-state index in [2.05, 4.69) is 135 Å². The summed E-state index contributed by atoms with van der Waals surface area (Å²) < 4.78 is 2.46. The lowest BCUT2D eigenvalue weighted by Gasteiger charge is -2.21. The lowest BCUT2D eigenvalue weighted by molar-refractivity contribution is 0.661. The highest BCUT2D eigenvalue weighted by Gasteiger charge is 2.36. The molecule has 6 aromatic rings. The van der Waals surface area contributed by atoms with Gasteiger partial charge in [-0.15, -0.1) is 0 Å². The molecule has 0 fully saturated rings. The van der Waals surface area contributed by atoms with E-state index in [9.17, 15) is 0 Å². The van der Waals surface area contributed by atoms with Crippen LogP contribution in [0.2, 0.25) is 0 Å². The van der Waals surface area contributed by atoms with Gasteiger partial charge in [-0.05, 0) is 88.7 Å². The van der Waals surface area contributed by atoms with Crippen LogP contribution in [0.5, 0.6) is 0 Å². The molecule has 0 bridgehead atoms. The van der Waals surface area contributed by atoms with Crippen molar-refractivity contribution >= 4 is 21.8 Å². The second kappa shape index (κ2) is 7.45. The van der Waals surface area contributed by atoms with E-state index in [1.165, 1.54) is 72.0 Å². The Kier molecular flexibility index (Phi) is 4.39. The molecule has 0 atom stereocenters. The Hall–Kier alpha value is -4.10. The van der Waals surface area contributed by atoms with Crippen molar-refractivity contribution in [2.75, 3.05) is 0 Å². The fraction of sp³-hybridized carbons (Fsp3) is 0.143. The summed E-state index contributed by atoms with van der Waals surface area (Å²) in [5, 5.41) is 2.62. The highest BCUT2D eigenvalue weighted by Crippen LogP contribution is 2.51. The highest BCUT2D eigenvalue weighted by atomic mass is 15.0. The van der Waals surface area contributed by atoms with Crippen LogP contribution in [0.4, 0.5) is 0 Å². The molecule has 0 amide bonds. The van der Waals surface area contributed by atoms with E-state index in [4.69, 9.17) is 0 Å². The van der Waals surface area contributed by atoms with Crippen LogP contribution < -0.4 is 0 Å². The first-order valence-corrected chi connectivity index (χ1v) is 12.8. The SMILES string of the molecule is Cc1ccccc1-c1cc(-n2c3ccccc3c3cc4c(cc32)C(C)(C)c2ccccc2-4)ccc1C. The number of aryl methyl sites for hydroxylation is 2. The first kappa shape index (κ1) is 21.2. The quantitative estimate of drug-likeness (QED) is 0.241. The number of para-hydroxylation sites is 1. The zero-order chi connectivity index (χ0) is 24.6. The first-order chi connectivity index (χ1) is 17.4. The zero-order valence-corrected chi connectivity index (χ0v) is 21.3. The number of nitrogens with zero attached hydrogens (tertiary/aromatic N) is 1. The third kappa shape index (κ3) is 2.83. The molecule has 0 N–H and O–H groups in total. The molecule has 1 aliphatic carbocycles. The Morgan fingerprint density at radius 3 is 2.03 bits per heavy atom. The second-order valence-corrected chi connectivity index (χ2v) is 10.8. The standard InChI is InChI=1S/C35H29N/c1-22-11-5-6-12-25(22)28-19-24(18-17-23(28)2)36-33-16-10-8-14-27(33)30-20-29-26-13-7-9-15-31(26)35(3,4)32(29)21-34(30)36/h5-21H,1-4H3. The van der Waals surface area contributed by atoms with E-state index >= 15 is 0 Å². The number of aromatic nitrogens is 1. The van der Waals surface area contributed by atoms with Gasteiger partial charge in [-0.25, -0.2) is 0 Å². The summed E-state index contributed by atoms with van der Waals surface area (Å²) in [4.78, 5) is 0. The van der Waals surface area contributed by atoms with Gasteiger partial charge in [0, 0.05) is 21.9 Å². The van der Waals surface area contributed by atoms with E-state index in [0.29, 0.717) is 0 Å². The summed E-state index contributed by atoms with van der Waals surface area (Å²) in [7, 11) is 0. The lowest BCUT2D eigenvalue weighted by atomic mass is 9.82. The molecule has 1 nitrogen and oxygen atoms in total. The summed E-state index contributed by atoms with van der Waals surface area (Å²) in [5.41, 5.74) is 14.5. The van der Waals surface area contributed by atoms with E-state index in [1.807, 2.05) is 0 Å². The van der Waals surface area contributed by atoms with Crippen molar-refractivity contribution in [1.82, 2.24) is 4.57 Å². The van der Waals surface area contributed by atoms with Gasteiger partial charge >= 0.3 is 0 Å². The third-order valence-corrected chi connectivity index (χ3v) is 8.29. The Morgan fingerprint density at radius 2 is 1.19 bits per heavy atom. The van der Waals surface area contributed by atoms with Crippen molar-refractivity contribution in [3.63, 3.8) is 0 Å². The molecule has 1 heterocycles. The van der Waals surface area contributed by atoms with Crippen molar-refractivity contribution in [3.8, 4) is 27.9 Å². The molecule has 0 saturated heterocycles. The molecule has 5 aromatic carbocycles. The molecule has 1 heteroatoms. The van der Waals surface area contributed by atoms with Crippen LogP contribution in [-0.4, -0.2) is 4.57 Å². The van der Waals surface area contributed by atoms with Gasteiger partial charge in [0.25, 0.3) is 0 Å². The molecule has 36 heavy (non-hydrogen) atoms. The molecule has 0 spiro atoms. The van der Waals surface area contributed by atoms with Crippen molar-refractivity contribution < 1.29 is 0 Å².